The summed E-state index contributed by atoms with van der Waals surface area (Å²) in [5.41, 5.74) is 6.68. The van der Waals surface area contributed by atoms with Gasteiger partial charge in [0.15, 0.2) is 0 Å². The van der Waals surface area contributed by atoms with Gasteiger partial charge in [-0.25, -0.2) is 0 Å². The molecular formula is C14H20ClNO2. The SMILES string of the molecule is CCCC(N)CC(=O)Cc1cc(Cl)ccc1OC. The largest absolute Gasteiger partial charge is 0.496 e. The lowest BCUT2D eigenvalue weighted by atomic mass is 10.0. The quantitative estimate of drug-likeness (QED) is 0.828. The van der Waals surface area contributed by atoms with Gasteiger partial charge in [-0.05, 0) is 24.6 Å². The minimum atomic E-state index is -0.0484. The zero-order valence-corrected chi connectivity index (χ0v) is 11.7. The molecule has 4 heteroatoms. The second kappa shape index (κ2) is 7.39. The Morgan fingerprint density at radius 3 is 2.83 bits per heavy atom. The minimum absolute atomic E-state index is 0.0484. The number of methoxy groups -OCH3 is 1. The number of carbonyl (C=O) groups is 1. The lowest BCUT2D eigenvalue weighted by molar-refractivity contribution is -0.118. The van der Waals surface area contributed by atoms with Gasteiger partial charge in [0.05, 0.1) is 7.11 Å². The number of ketones is 1. The van der Waals surface area contributed by atoms with E-state index in [1.807, 2.05) is 0 Å². The number of ether oxygens (including phenoxy) is 1. The number of halogens is 1. The molecule has 3 nitrogen and oxygen atoms in total. The average molecular weight is 270 g/mol. The molecule has 2 N–H and O–H groups in total. The normalized spacial score (nSPS) is 12.2. The van der Waals surface area contributed by atoms with E-state index in [4.69, 9.17) is 22.1 Å². The lowest BCUT2D eigenvalue weighted by Gasteiger charge is -2.11. The smallest absolute Gasteiger partial charge is 0.138 e. The highest BCUT2D eigenvalue weighted by atomic mass is 35.5. The summed E-state index contributed by atoms with van der Waals surface area (Å²) in [5.74, 6) is 0.813. The maximum atomic E-state index is 11.9. The number of hydrogen-bond acceptors (Lipinski definition) is 3. The Kier molecular flexibility index (Phi) is 6.16. The number of benzene rings is 1. The Morgan fingerprint density at radius 2 is 2.22 bits per heavy atom. The molecule has 0 spiro atoms. The van der Waals surface area contributed by atoms with Crippen LogP contribution in [0.3, 0.4) is 0 Å². The van der Waals surface area contributed by atoms with Crippen molar-refractivity contribution < 1.29 is 9.53 Å². The summed E-state index contributed by atoms with van der Waals surface area (Å²) in [7, 11) is 1.58. The van der Waals surface area contributed by atoms with Crippen molar-refractivity contribution in [3.05, 3.63) is 28.8 Å². The van der Waals surface area contributed by atoms with Crippen molar-refractivity contribution in [2.45, 2.75) is 38.6 Å². The van der Waals surface area contributed by atoms with Crippen molar-refractivity contribution in [1.82, 2.24) is 0 Å². The number of rotatable bonds is 7. The molecule has 0 heterocycles. The van der Waals surface area contributed by atoms with Crippen molar-refractivity contribution >= 4 is 17.4 Å². The molecule has 0 fully saturated rings. The predicted octanol–water partition coefficient (Wildman–Crippen LogP) is 2.98. The monoisotopic (exact) mass is 269 g/mol. The molecular weight excluding hydrogens is 250 g/mol. The van der Waals surface area contributed by atoms with Gasteiger partial charge in [0, 0.05) is 29.5 Å². The Balaban J connectivity index is 2.66. The van der Waals surface area contributed by atoms with E-state index in [9.17, 15) is 4.79 Å². The predicted molar refractivity (Wildman–Crippen MR) is 74.2 cm³/mol. The zero-order valence-electron chi connectivity index (χ0n) is 10.9. The molecule has 0 aromatic heterocycles. The summed E-state index contributed by atoms with van der Waals surface area (Å²) in [6.07, 6.45) is 2.60. The Hall–Kier alpha value is -1.06. The molecule has 0 saturated heterocycles. The average Bonchev–Trinajstić information content (AvgIpc) is 2.29. The van der Waals surface area contributed by atoms with Crippen molar-refractivity contribution in [1.29, 1.82) is 0 Å². The topological polar surface area (TPSA) is 52.3 Å². The van der Waals surface area contributed by atoms with Crippen LogP contribution in [0.4, 0.5) is 0 Å². The van der Waals surface area contributed by atoms with E-state index in [1.165, 1.54) is 0 Å². The summed E-state index contributed by atoms with van der Waals surface area (Å²) < 4.78 is 5.21. The number of Topliss-reactive ketones (excluding diaryl/α,β-unsaturated/α-hetero) is 1. The second-order valence-corrected chi connectivity index (χ2v) is 4.86. The van der Waals surface area contributed by atoms with Crippen LogP contribution < -0.4 is 10.5 Å². The molecule has 1 aromatic carbocycles. The molecule has 1 rings (SSSR count). The van der Waals surface area contributed by atoms with Gasteiger partial charge in [-0.2, -0.15) is 0 Å². The maximum absolute atomic E-state index is 11.9. The van der Waals surface area contributed by atoms with Crippen LogP contribution in [-0.2, 0) is 11.2 Å². The molecule has 0 saturated carbocycles. The summed E-state index contributed by atoms with van der Waals surface area (Å²) >= 11 is 5.92. The van der Waals surface area contributed by atoms with Crippen LogP contribution in [0.25, 0.3) is 0 Å². The minimum Gasteiger partial charge on any atom is -0.496 e. The van der Waals surface area contributed by atoms with Gasteiger partial charge < -0.3 is 10.5 Å². The van der Waals surface area contributed by atoms with E-state index < -0.39 is 0 Å². The first kappa shape index (κ1) is 15.0. The third-order valence-corrected chi connectivity index (χ3v) is 3.01. The van der Waals surface area contributed by atoms with Crippen LogP contribution in [0.2, 0.25) is 5.02 Å². The molecule has 0 bridgehead atoms. The summed E-state index contributed by atoms with van der Waals surface area (Å²) in [5, 5.41) is 0.608. The van der Waals surface area contributed by atoms with Gasteiger partial charge in [0.1, 0.15) is 11.5 Å². The van der Waals surface area contributed by atoms with E-state index in [0.29, 0.717) is 23.6 Å². The van der Waals surface area contributed by atoms with Gasteiger partial charge in [-0.1, -0.05) is 24.9 Å². The molecule has 0 aliphatic carbocycles. The van der Waals surface area contributed by atoms with E-state index in [-0.39, 0.29) is 11.8 Å². The van der Waals surface area contributed by atoms with E-state index >= 15 is 0 Å². The lowest BCUT2D eigenvalue weighted by Crippen LogP contribution is -2.24. The van der Waals surface area contributed by atoms with E-state index in [1.54, 1.807) is 25.3 Å². The Morgan fingerprint density at radius 1 is 1.50 bits per heavy atom. The summed E-state index contributed by atoms with van der Waals surface area (Å²) in [6.45, 7) is 2.06. The maximum Gasteiger partial charge on any atom is 0.138 e. The van der Waals surface area contributed by atoms with Gasteiger partial charge in [-0.15, -0.1) is 0 Å². The summed E-state index contributed by atoms with van der Waals surface area (Å²) in [6, 6.07) is 5.24. The second-order valence-electron chi connectivity index (χ2n) is 4.42. The molecule has 1 atom stereocenters. The van der Waals surface area contributed by atoms with Crippen molar-refractivity contribution in [2.75, 3.05) is 7.11 Å². The standard InChI is InChI=1S/C14H20ClNO2/c1-3-4-12(16)9-13(17)8-10-7-11(15)5-6-14(10)18-2/h5-7,12H,3-4,8-9,16H2,1-2H3. The Bertz CT molecular complexity index is 407. The van der Waals surface area contributed by atoms with Crippen LogP contribution in [0, 0.1) is 0 Å². The van der Waals surface area contributed by atoms with Crippen LogP contribution in [0.1, 0.15) is 31.7 Å². The fraction of sp³-hybridized carbons (Fsp3) is 0.500. The van der Waals surface area contributed by atoms with Crippen molar-refractivity contribution in [2.24, 2.45) is 5.73 Å². The Labute approximate surface area is 113 Å². The third kappa shape index (κ3) is 4.67. The molecule has 1 aromatic rings. The van der Waals surface area contributed by atoms with Crippen LogP contribution in [0.15, 0.2) is 18.2 Å². The van der Waals surface area contributed by atoms with Crippen molar-refractivity contribution in [3.8, 4) is 5.75 Å². The van der Waals surface area contributed by atoms with Crippen LogP contribution in [-0.4, -0.2) is 18.9 Å². The number of nitrogens with two attached hydrogens (primary N) is 1. The first-order chi connectivity index (χ1) is 8.56. The van der Waals surface area contributed by atoms with Gasteiger partial charge >= 0.3 is 0 Å². The van der Waals surface area contributed by atoms with Gasteiger partial charge in [0.25, 0.3) is 0 Å². The highest BCUT2D eigenvalue weighted by Gasteiger charge is 2.12. The fourth-order valence-corrected chi connectivity index (χ4v) is 2.13. The highest BCUT2D eigenvalue weighted by molar-refractivity contribution is 6.30. The molecule has 0 aliphatic heterocycles. The molecule has 0 radical (unpaired) electrons. The third-order valence-electron chi connectivity index (χ3n) is 2.78. The van der Waals surface area contributed by atoms with E-state index in [0.717, 1.165) is 18.4 Å². The van der Waals surface area contributed by atoms with Gasteiger partial charge in [-0.3, -0.25) is 4.79 Å². The molecule has 0 amide bonds. The van der Waals surface area contributed by atoms with E-state index in [2.05, 4.69) is 6.92 Å². The fourth-order valence-electron chi connectivity index (χ4n) is 1.94. The zero-order chi connectivity index (χ0) is 13.5. The van der Waals surface area contributed by atoms with Crippen LogP contribution >= 0.6 is 11.6 Å². The first-order valence-electron chi connectivity index (χ1n) is 6.16. The first-order valence-corrected chi connectivity index (χ1v) is 6.54. The van der Waals surface area contributed by atoms with Crippen LogP contribution in [0.5, 0.6) is 5.75 Å². The molecule has 18 heavy (non-hydrogen) atoms. The molecule has 1 unspecified atom stereocenters. The number of hydrogen-bond donors (Lipinski definition) is 1. The number of carbonyl (C=O) groups excluding carboxylic acids is 1. The van der Waals surface area contributed by atoms with Crippen molar-refractivity contribution in [3.63, 3.8) is 0 Å². The highest BCUT2D eigenvalue weighted by Crippen LogP contribution is 2.23. The van der Waals surface area contributed by atoms with Gasteiger partial charge in [0.2, 0.25) is 0 Å². The molecule has 100 valence electrons. The molecule has 0 aliphatic rings. The summed E-state index contributed by atoms with van der Waals surface area (Å²) in [4.78, 5) is 11.9.